The highest BCUT2D eigenvalue weighted by Gasteiger charge is 2.33. The second-order valence-corrected chi connectivity index (χ2v) is 12.8. The lowest BCUT2D eigenvalue weighted by atomic mass is 10.2. The zero-order valence-electron chi connectivity index (χ0n) is 25.9. The molecular weight excluding hydrogens is 619 g/mol. The maximum atomic E-state index is 13.3. The van der Waals surface area contributed by atoms with E-state index in [1.165, 1.54) is 16.0 Å². The number of nitrogens with zero attached hydrogens (tertiary/aromatic N) is 7. The Balaban J connectivity index is 1.17. The Labute approximate surface area is 272 Å². The van der Waals surface area contributed by atoms with Gasteiger partial charge in [-0.05, 0) is 57.2 Å². The summed E-state index contributed by atoms with van der Waals surface area (Å²) in [4.78, 5) is 56.0. The van der Waals surface area contributed by atoms with E-state index in [1.54, 1.807) is 50.9 Å². The summed E-state index contributed by atoms with van der Waals surface area (Å²) in [5.74, 6) is 0.457. The van der Waals surface area contributed by atoms with E-state index in [2.05, 4.69) is 20.2 Å². The molecule has 3 heterocycles. The smallest absolute Gasteiger partial charge is 0.410 e. The summed E-state index contributed by atoms with van der Waals surface area (Å²) in [5.41, 5.74) is 1.98. The van der Waals surface area contributed by atoms with Crippen molar-refractivity contribution in [2.24, 2.45) is 0 Å². The summed E-state index contributed by atoms with van der Waals surface area (Å²) in [6, 6.07) is 13.0. The lowest BCUT2D eigenvalue weighted by Gasteiger charge is -2.37. The fraction of sp³-hybridized carbons (Fsp3) is 0.387. The molecule has 1 aromatic heterocycles. The molecule has 1 fully saturated rings. The van der Waals surface area contributed by atoms with E-state index in [1.807, 2.05) is 36.2 Å². The van der Waals surface area contributed by atoms with Crippen molar-refractivity contribution in [1.29, 1.82) is 0 Å². The van der Waals surface area contributed by atoms with Crippen LogP contribution in [0, 0.1) is 0 Å². The monoisotopic (exact) mass is 654 g/mol. The second kappa shape index (κ2) is 13.0. The molecule has 1 saturated heterocycles. The van der Waals surface area contributed by atoms with Crippen molar-refractivity contribution in [2.45, 2.75) is 26.4 Å². The molecular formula is C31H36Cl2N8O4. The van der Waals surface area contributed by atoms with Crippen LogP contribution in [0.2, 0.25) is 10.0 Å². The van der Waals surface area contributed by atoms with Crippen LogP contribution in [0.25, 0.3) is 0 Å². The highest BCUT2D eigenvalue weighted by molar-refractivity contribution is 6.40. The van der Waals surface area contributed by atoms with Crippen LogP contribution in [0.3, 0.4) is 0 Å². The molecule has 0 saturated carbocycles. The van der Waals surface area contributed by atoms with Gasteiger partial charge in [-0.25, -0.2) is 9.78 Å². The Hall–Kier alpha value is -4.29. The number of rotatable bonds is 6. The molecule has 0 unspecified atom stereocenters. The predicted octanol–water partition coefficient (Wildman–Crippen LogP) is 5.10. The summed E-state index contributed by atoms with van der Waals surface area (Å²) in [6.45, 7) is 8.00. The molecule has 0 spiro atoms. The van der Waals surface area contributed by atoms with E-state index < -0.39 is 11.7 Å². The van der Waals surface area contributed by atoms with Crippen LogP contribution in [0.5, 0.6) is 0 Å². The first-order valence-corrected chi connectivity index (χ1v) is 15.2. The zero-order chi connectivity index (χ0) is 32.5. The van der Waals surface area contributed by atoms with Crippen LogP contribution in [0.15, 0.2) is 48.7 Å². The minimum atomic E-state index is -0.619. The third-order valence-corrected chi connectivity index (χ3v) is 7.98. The Morgan fingerprint density at radius 2 is 1.67 bits per heavy atom. The molecule has 12 nitrogen and oxygen atoms in total. The molecule has 3 aromatic rings. The molecule has 45 heavy (non-hydrogen) atoms. The van der Waals surface area contributed by atoms with Crippen LogP contribution in [-0.4, -0.2) is 96.8 Å². The van der Waals surface area contributed by atoms with Gasteiger partial charge in [0.2, 0.25) is 11.9 Å². The average molecular weight is 656 g/mol. The number of carbonyl (C=O) groups is 3. The fourth-order valence-electron chi connectivity index (χ4n) is 5.09. The number of para-hydroxylation sites is 1. The van der Waals surface area contributed by atoms with Crippen molar-refractivity contribution in [3.63, 3.8) is 0 Å². The van der Waals surface area contributed by atoms with Crippen LogP contribution in [-0.2, 0) is 9.53 Å². The van der Waals surface area contributed by atoms with E-state index in [0.29, 0.717) is 59.2 Å². The number of aromatic nitrogens is 2. The van der Waals surface area contributed by atoms with Crippen molar-refractivity contribution in [3.8, 4) is 0 Å². The normalized spacial score (nSPS) is 15.1. The van der Waals surface area contributed by atoms with Gasteiger partial charge in [-0.2, -0.15) is 4.98 Å². The van der Waals surface area contributed by atoms with Gasteiger partial charge in [-0.3, -0.25) is 14.5 Å². The average Bonchev–Trinajstić information content (AvgIpc) is 2.99. The van der Waals surface area contributed by atoms with E-state index in [-0.39, 0.29) is 25.0 Å². The standard InChI is InChI=1S/C31H36Cl2N8O4/c1-31(2,3)45-30(44)37(4)18-25(42)40-15-13-39(14-16-40)21-11-9-20(10-12-21)35-29-34-17-22-27(36-29)38(5)19-41(28(22)43)26-23(32)7-6-8-24(26)33/h6-12,17H,13-16,18-19H2,1-5H3,(H,34,35,36). The predicted molar refractivity (Wildman–Crippen MR) is 176 cm³/mol. The zero-order valence-corrected chi connectivity index (χ0v) is 27.4. The number of likely N-dealkylation sites (N-methyl/N-ethyl adjacent to an activating group) is 1. The first kappa shape index (κ1) is 32.1. The molecule has 3 amide bonds. The molecule has 0 atom stereocenters. The van der Waals surface area contributed by atoms with Gasteiger partial charge in [0.05, 0.1) is 22.4 Å². The Bertz CT molecular complexity index is 1570. The number of fused-ring (bicyclic) bond motifs is 1. The largest absolute Gasteiger partial charge is 0.444 e. The number of amides is 3. The Morgan fingerprint density at radius 1 is 1.02 bits per heavy atom. The number of ether oxygens (including phenoxy) is 1. The maximum Gasteiger partial charge on any atom is 0.410 e. The molecule has 2 aromatic carbocycles. The van der Waals surface area contributed by atoms with Gasteiger partial charge >= 0.3 is 6.09 Å². The van der Waals surface area contributed by atoms with E-state index >= 15 is 0 Å². The fourth-order valence-corrected chi connectivity index (χ4v) is 5.69. The Kier molecular flexibility index (Phi) is 9.26. The number of anilines is 5. The summed E-state index contributed by atoms with van der Waals surface area (Å²) in [7, 11) is 3.40. The molecule has 0 bridgehead atoms. The highest BCUT2D eigenvalue weighted by Crippen LogP contribution is 2.37. The summed E-state index contributed by atoms with van der Waals surface area (Å²) < 4.78 is 5.34. The van der Waals surface area contributed by atoms with Crippen LogP contribution in [0.4, 0.5) is 33.6 Å². The number of nitrogens with one attached hydrogen (secondary N) is 1. The quantitative estimate of drug-likeness (QED) is 0.388. The number of hydrogen-bond donors (Lipinski definition) is 1. The molecule has 238 valence electrons. The number of hydrogen-bond acceptors (Lipinski definition) is 9. The minimum absolute atomic E-state index is 0.0298. The molecule has 0 radical (unpaired) electrons. The lowest BCUT2D eigenvalue weighted by molar-refractivity contribution is -0.132. The number of piperazine rings is 1. The third kappa shape index (κ3) is 7.34. The molecule has 2 aliphatic rings. The summed E-state index contributed by atoms with van der Waals surface area (Å²) >= 11 is 12.7. The van der Waals surface area contributed by atoms with E-state index in [4.69, 9.17) is 27.9 Å². The van der Waals surface area contributed by atoms with Gasteiger partial charge in [0.1, 0.15) is 23.5 Å². The summed E-state index contributed by atoms with van der Waals surface area (Å²) in [5, 5.41) is 3.98. The number of carbonyl (C=O) groups excluding carboxylic acids is 3. The molecule has 0 aliphatic carbocycles. The van der Waals surface area contributed by atoms with E-state index in [0.717, 1.165) is 11.4 Å². The Morgan fingerprint density at radius 3 is 2.29 bits per heavy atom. The molecule has 1 N–H and O–H groups in total. The van der Waals surface area contributed by atoms with Crippen molar-refractivity contribution in [1.82, 2.24) is 19.8 Å². The van der Waals surface area contributed by atoms with Crippen molar-refractivity contribution >= 4 is 69.9 Å². The van der Waals surface area contributed by atoms with Gasteiger partial charge in [0.15, 0.2) is 0 Å². The maximum absolute atomic E-state index is 13.3. The van der Waals surface area contributed by atoms with Crippen molar-refractivity contribution in [2.75, 3.05) is 73.5 Å². The SMILES string of the molecule is CN(CC(=O)N1CCN(c2ccc(Nc3ncc4c(n3)N(C)CN(c3c(Cl)cccc3Cl)C4=O)cc2)CC1)C(=O)OC(C)(C)C. The molecule has 5 rings (SSSR count). The van der Waals surface area contributed by atoms with Crippen molar-refractivity contribution < 1.29 is 19.1 Å². The first-order valence-electron chi connectivity index (χ1n) is 14.5. The molecule has 14 heteroatoms. The van der Waals surface area contributed by atoms with Crippen LogP contribution < -0.4 is 20.0 Å². The number of benzene rings is 2. The van der Waals surface area contributed by atoms with Crippen LogP contribution >= 0.6 is 23.2 Å². The lowest BCUT2D eigenvalue weighted by Crippen LogP contribution is -2.51. The van der Waals surface area contributed by atoms with Crippen LogP contribution in [0.1, 0.15) is 31.1 Å². The summed E-state index contributed by atoms with van der Waals surface area (Å²) in [6.07, 6.45) is 0.982. The second-order valence-electron chi connectivity index (χ2n) is 11.9. The molecule has 2 aliphatic heterocycles. The minimum Gasteiger partial charge on any atom is -0.444 e. The topological polar surface area (TPSA) is 114 Å². The highest BCUT2D eigenvalue weighted by atomic mass is 35.5. The van der Waals surface area contributed by atoms with Crippen molar-refractivity contribution in [3.05, 3.63) is 64.3 Å². The third-order valence-electron chi connectivity index (χ3n) is 7.37. The first-order chi connectivity index (χ1) is 21.3. The van der Waals surface area contributed by atoms with Gasteiger partial charge in [-0.1, -0.05) is 29.3 Å². The van der Waals surface area contributed by atoms with E-state index in [9.17, 15) is 14.4 Å². The van der Waals surface area contributed by atoms with Gasteiger partial charge in [0, 0.05) is 57.8 Å². The van der Waals surface area contributed by atoms with Gasteiger partial charge in [-0.15, -0.1) is 0 Å². The number of halogens is 2. The van der Waals surface area contributed by atoms with Gasteiger partial charge in [0.25, 0.3) is 5.91 Å². The van der Waals surface area contributed by atoms with Gasteiger partial charge < -0.3 is 29.7 Å².